The molecule has 0 radical (unpaired) electrons. The van der Waals surface area contributed by atoms with E-state index >= 15 is 0 Å². The van der Waals surface area contributed by atoms with E-state index in [2.05, 4.69) is 32.6 Å². The number of hydrogen-bond acceptors (Lipinski definition) is 5. The van der Waals surface area contributed by atoms with Gasteiger partial charge in [-0.2, -0.15) is 10.2 Å². The number of aryl methyl sites for hydroxylation is 1. The molecular formula is C28H32N6O2. The SMILES string of the molecule is Cn1cc2cc(NC(=O)c3cccc(-c4cnn(C5CCCCO5)c4)n3)c(C3CCCCC3)cc2n1. The minimum Gasteiger partial charge on any atom is -0.357 e. The minimum atomic E-state index is -0.208. The number of anilines is 1. The molecule has 1 unspecified atom stereocenters. The molecule has 1 aliphatic heterocycles. The Morgan fingerprint density at radius 1 is 1.06 bits per heavy atom. The Kier molecular flexibility index (Phi) is 6.27. The van der Waals surface area contributed by atoms with Gasteiger partial charge in [0, 0.05) is 42.7 Å². The Labute approximate surface area is 210 Å². The highest BCUT2D eigenvalue weighted by Crippen LogP contribution is 2.38. The predicted molar refractivity (Wildman–Crippen MR) is 139 cm³/mol. The monoisotopic (exact) mass is 484 g/mol. The molecule has 1 aliphatic carbocycles. The van der Waals surface area contributed by atoms with Crippen molar-refractivity contribution in [2.75, 3.05) is 11.9 Å². The summed E-state index contributed by atoms with van der Waals surface area (Å²) in [5.41, 5.74) is 4.99. The smallest absolute Gasteiger partial charge is 0.274 e. The molecule has 0 spiro atoms. The van der Waals surface area contributed by atoms with Crippen LogP contribution in [0.2, 0.25) is 0 Å². The largest absolute Gasteiger partial charge is 0.357 e. The normalized spacial score (nSPS) is 19.0. The molecule has 186 valence electrons. The van der Waals surface area contributed by atoms with Crippen LogP contribution in [0.25, 0.3) is 22.2 Å². The molecular weight excluding hydrogens is 452 g/mol. The Hall–Kier alpha value is -3.52. The fourth-order valence-corrected chi connectivity index (χ4v) is 5.54. The van der Waals surface area contributed by atoms with Crippen molar-refractivity contribution in [3.05, 3.63) is 60.2 Å². The third kappa shape index (κ3) is 4.65. The van der Waals surface area contributed by atoms with Crippen LogP contribution in [-0.4, -0.2) is 37.1 Å². The molecule has 1 atom stereocenters. The minimum absolute atomic E-state index is 0.0282. The van der Waals surface area contributed by atoms with E-state index < -0.39 is 0 Å². The van der Waals surface area contributed by atoms with Gasteiger partial charge >= 0.3 is 0 Å². The van der Waals surface area contributed by atoms with E-state index in [1.165, 1.54) is 24.8 Å². The molecule has 0 bridgehead atoms. The maximum absolute atomic E-state index is 13.4. The number of pyridine rings is 1. The highest BCUT2D eigenvalue weighted by atomic mass is 16.5. The van der Waals surface area contributed by atoms with Crippen LogP contribution in [0.3, 0.4) is 0 Å². The second-order valence-corrected chi connectivity index (χ2v) is 10.0. The average molecular weight is 485 g/mol. The lowest BCUT2D eigenvalue weighted by atomic mass is 9.83. The first-order valence-corrected chi connectivity index (χ1v) is 13.1. The summed E-state index contributed by atoms with van der Waals surface area (Å²) >= 11 is 0. The lowest BCUT2D eigenvalue weighted by Gasteiger charge is -2.24. The van der Waals surface area contributed by atoms with E-state index in [0.29, 0.717) is 11.6 Å². The van der Waals surface area contributed by atoms with E-state index in [1.54, 1.807) is 12.3 Å². The molecule has 1 aromatic carbocycles. The maximum Gasteiger partial charge on any atom is 0.274 e. The number of nitrogens with one attached hydrogen (secondary N) is 1. The van der Waals surface area contributed by atoms with Crippen LogP contribution in [-0.2, 0) is 11.8 Å². The van der Waals surface area contributed by atoms with Crippen molar-refractivity contribution in [3.8, 4) is 11.3 Å². The fourth-order valence-electron chi connectivity index (χ4n) is 5.54. The summed E-state index contributed by atoms with van der Waals surface area (Å²) in [6.07, 6.45) is 14.9. The number of amides is 1. The topological polar surface area (TPSA) is 86.9 Å². The van der Waals surface area contributed by atoms with Gasteiger partial charge in [0.25, 0.3) is 5.91 Å². The zero-order chi connectivity index (χ0) is 24.5. The van der Waals surface area contributed by atoms with Crippen LogP contribution in [0.1, 0.15) is 79.6 Å². The molecule has 1 saturated heterocycles. The van der Waals surface area contributed by atoms with Gasteiger partial charge in [0.1, 0.15) is 11.9 Å². The number of carbonyl (C=O) groups excluding carboxylic acids is 1. The lowest BCUT2D eigenvalue weighted by Crippen LogP contribution is -2.18. The van der Waals surface area contributed by atoms with Crippen LogP contribution in [0.4, 0.5) is 5.69 Å². The molecule has 8 heteroatoms. The Bertz CT molecular complexity index is 1380. The molecule has 6 rings (SSSR count). The van der Waals surface area contributed by atoms with E-state index in [1.807, 2.05) is 40.9 Å². The molecule has 2 fully saturated rings. The van der Waals surface area contributed by atoms with Gasteiger partial charge in [0.15, 0.2) is 0 Å². The molecule has 4 aromatic rings. The number of hydrogen-bond donors (Lipinski definition) is 1. The first kappa shape index (κ1) is 22.9. The van der Waals surface area contributed by atoms with Crippen molar-refractivity contribution >= 4 is 22.5 Å². The van der Waals surface area contributed by atoms with Crippen LogP contribution in [0.5, 0.6) is 0 Å². The van der Waals surface area contributed by atoms with Crippen LogP contribution in [0.15, 0.2) is 48.9 Å². The summed E-state index contributed by atoms with van der Waals surface area (Å²) in [6.45, 7) is 0.765. The van der Waals surface area contributed by atoms with Gasteiger partial charge in [-0.1, -0.05) is 25.3 Å². The second kappa shape index (κ2) is 9.85. The van der Waals surface area contributed by atoms with Crippen molar-refractivity contribution < 1.29 is 9.53 Å². The molecule has 8 nitrogen and oxygen atoms in total. The van der Waals surface area contributed by atoms with Gasteiger partial charge in [-0.3, -0.25) is 9.48 Å². The third-order valence-corrected chi connectivity index (χ3v) is 7.41. The first-order chi connectivity index (χ1) is 17.6. The summed E-state index contributed by atoms with van der Waals surface area (Å²) in [5.74, 6) is 0.229. The fraction of sp³-hybridized carbons (Fsp3) is 0.429. The predicted octanol–water partition coefficient (Wildman–Crippen LogP) is 5.83. The Morgan fingerprint density at radius 2 is 1.92 bits per heavy atom. The van der Waals surface area contributed by atoms with Gasteiger partial charge < -0.3 is 10.1 Å². The summed E-state index contributed by atoms with van der Waals surface area (Å²) < 4.78 is 9.53. The molecule has 2 aliphatic rings. The van der Waals surface area contributed by atoms with Crippen molar-refractivity contribution in [2.24, 2.45) is 7.05 Å². The zero-order valence-corrected chi connectivity index (χ0v) is 20.7. The van der Waals surface area contributed by atoms with Gasteiger partial charge in [0.05, 0.1) is 17.4 Å². The van der Waals surface area contributed by atoms with Crippen LogP contribution in [0, 0.1) is 0 Å². The van der Waals surface area contributed by atoms with Crippen molar-refractivity contribution in [2.45, 2.75) is 63.5 Å². The van der Waals surface area contributed by atoms with Gasteiger partial charge in [-0.05, 0) is 67.9 Å². The molecule has 1 N–H and O–H groups in total. The number of benzene rings is 1. The average Bonchev–Trinajstić information content (AvgIpc) is 3.55. The number of nitrogens with zero attached hydrogens (tertiary/aromatic N) is 5. The maximum atomic E-state index is 13.4. The van der Waals surface area contributed by atoms with Crippen molar-refractivity contribution in [3.63, 3.8) is 0 Å². The van der Waals surface area contributed by atoms with E-state index in [9.17, 15) is 4.79 Å². The number of rotatable bonds is 5. The third-order valence-electron chi connectivity index (χ3n) is 7.41. The Morgan fingerprint density at radius 3 is 2.75 bits per heavy atom. The summed E-state index contributed by atoms with van der Waals surface area (Å²) in [6, 6.07) is 9.76. The highest BCUT2D eigenvalue weighted by molar-refractivity contribution is 6.04. The molecule has 1 saturated carbocycles. The number of aromatic nitrogens is 5. The summed E-state index contributed by atoms with van der Waals surface area (Å²) in [4.78, 5) is 18.1. The van der Waals surface area contributed by atoms with E-state index in [0.717, 1.165) is 66.6 Å². The standard InChI is InChI=1S/C28H32N6O2/c1-33-17-20-14-26(22(15-25(20)32-33)19-8-3-2-4-9-19)31-28(35)24-11-7-10-23(30-24)21-16-29-34(18-21)27-12-5-6-13-36-27/h7,10-11,14-19,27H,2-6,8-9,12-13H2,1H3,(H,31,35). The molecule has 36 heavy (non-hydrogen) atoms. The van der Waals surface area contributed by atoms with Gasteiger partial charge in [-0.15, -0.1) is 0 Å². The lowest BCUT2D eigenvalue weighted by molar-refractivity contribution is -0.0394. The quantitative estimate of drug-likeness (QED) is 0.385. The molecule has 1 amide bonds. The van der Waals surface area contributed by atoms with E-state index in [4.69, 9.17) is 4.74 Å². The van der Waals surface area contributed by atoms with Gasteiger partial charge in [0.2, 0.25) is 0 Å². The number of ether oxygens (including phenoxy) is 1. The van der Waals surface area contributed by atoms with Crippen LogP contribution >= 0.6 is 0 Å². The first-order valence-electron chi connectivity index (χ1n) is 13.1. The summed E-state index contributed by atoms with van der Waals surface area (Å²) in [5, 5.41) is 13.3. The Balaban J connectivity index is 1.27. The van der Waals surface area contributed by atoms with E-state index in [-0.39, 0.29) is 12.1 Å². The number of fused-ring (bicyclic) bond motifs is 1. The van der Waals surface area contributed by atoms with Gasteiger partial charge in [-0.25, -0.2) is 9.67 Å². The highest BCUT2D eigenvalue weighted by Gasteiger charge is 2.22. The second-order valence-electron chi connectivity index (χ2n) is 10.0. The summed E-state index contributed by atoms with van der Waals surface area (Å²) in [7, 11) is 1.93. The van der Waals surface area contributed by atoms with Crippen LogP contribution < -0.4 is 5.32 Å². The van der Waals surface area contributed by atoms with Crippen molar-refractivity contribution in [1.82, 2.24) is 24.5 Å². The zero-order valence-electron chi connectivity index (χ0n) is 20.7. The molecule has 3 aromatic heterocycles. The molecule has 4 heterocycles. The van der Waals surface area contributed by atoms with Crippen molar-refractivity contribution in [1.29, 1.82) is 0 Å². The number of carbonyl (C=O) groups is 1.